The molecule has 1 aromatic heterocycles. The van der Waals surface area contributed by atoms with Gasteiger partial charge in [-0.05, 0) is 44.3 Å². The van der Waals surface area contributed by atoms with Gasteiger partial charge in [-0.15, -0.1) is 0 Å². The third-order valence-electron chi connectivity index (χ3n) is 4.97. The van der Waals surface area contributed by atoms with E-state index in [4.69, 9.17) is 16.6 Å². The average molecular weight is 428 g/mol. The van der Waals surface area contributed by atoms with E-state index in [1.165, 1.54) is 11.8 Å². The predicted octanol–water partition coefficient (Wildman–Crippen LogP) is 3.21. The molecule has 2 fully saturated rings. The molecule has 3 heterocycles. The van der Waals surface area contributed by atoms with E-state index in [0.29, 0.717) is 26.3 Å². The van der Waals surface area contributed by atoms with Crippen LogP contribution < -0.4 is 5.32 Å². The second-order valence-electron chi connectivity index (χ2n) is 7.08. The number of thioether (sulfide) groups is 1. The number of likely N-dealkylation sites (N-methyl/N-ethyl adjacent to an activating group) is 1. The Balaban J connectivity index is 1.46. The number of thiocarbonyl (C=S) groups is 1. The summed E-state index contributed by atoms with van der Waals surface area (Å²) in [6.45, 7) is 3.46. The van der Waals surface area contributed by atoms with Crippen LogP contribution in [-0.2, 0) is 4.79 Å². The zero-order chi connectivity index (χ0) is 20.4. The highest BCUT2D eigenvalue weighted by atomic mass is 32.2. The van der Waals surface area contributed by atoms with Crippen molar-refractivity contribution in [1.82, 2.24) is 15.1 Å². The Kier molecular flexibility index (Phi) is 5.84. The van der Waals surface area contributed by atoms with Crippen LogP contribution in [0, 0.1) is 0 Å². The van der Waals surface area contributed by atoms with Gasteiger partial charge in [0.25, 0.3) is 11.8 Å². The van der Waals surface area contributed by atoms with Gasteiger partial charge in [0.05, 0.1) is 4.91 Å². The molecule has 0 spiro atoms. The van der Waals surface area contributed by atoms with Crippen LogP contribution in [0.2, 0.25) is 0 Å². The molecule has 2 saturated heterocycles. The number of hydrogen-bond donors (Lipinski definition) is 1. The first-order chi connectivity index (χ1) is 14.0. The predicted molar refractivity (Wildman–Crippen MR) is 118 cm³/mol. The van der Waals surface area contributed by atoms with Crippen LogP contribution in [0.3, 0.4) is 0 Å². The summed E-state index contributed by atoms with van der Waals surface area (Å²) in [4.78, 5) is 29.2. The highest BCUT2D eigenvalue weighted by Gasteiger charge is 2.23. The normalized spacial score (nSPS) is 19.5. The number of nitrogens with one attached hydrogen (secondary N) is 1. The second kappa shape index (κ2) is 8.52. The Morgan fingerprint density at radius 1 is 1.14 bits per heavy atom. The molecule has 0 aliphatic carbocycles. The topological polar surface area (TPSA) is 65.8 Å². The van der Waals surface area contributed by atoms with Gasteiger partial charge >= 0.3 is 0 Å². The second-order valence-corrected chi connectivity index (χ2v) is 8.80. The van der Waals surface area contributed by atoms with E-state index < -0.39 is 0 Å². The van der Waals surface area contributed by atoms with Gasteiger partial charge in [0, 0.05) is 36.8 Å². The molecule has 8 heteroatoms. The maximum atomic E-state index is 12.8. The molecule has 6 nitrogen and oxygen atoms in total. The van der Waals surface area contributed by atoms with Crippen molar-refractivity contribution in [3.05, 3.63) is 52.6 Å². The lowest BCUT2D eigenvalue weighted by Gasteiger charge is -2.20. The van der Waals surface area contributed by atoms with Crippen molar-refractivity contribution in [2.45, 2.75) is 6.42 Å². The van der Waals surface area contributed by atoms with E-state index in [9.17, 15) is 9.59 Å². The van der Waals surface area contributed by atoms with E-state index in [-0.39, 0.29) is 11.8 Å². The van der Waals surface area contributed by atoms with Crippen molar-refractivity contribution in [1.29, 1.82) is 0 Å². The van der Waals surface area contributed by atoms with Gasteiger partial charge in [0.2, 0.25) is 0 Å². The monoisotopic (exact) mass is 427 g/mol. The van der Waals surface area contributed by atoms with Crippen LogP contribution in [0.4, 0.5) is 0 Å². The van der Waals surface area contributed by atoms with Crippen LogP contribution in [-0.4, -0.2) is 59.2 Å². The van der Waals surface area contributed by atoms with E-state index in [0.717, 1.165) is 38.2 Å². The minimum absolute atomic E-state index is 0.0666. The zero-order valence-corrected chi connectivity index (χ0v) is 17.6. The highest BCUT2D eigenvalue weighted by molar-refractivity contribution is 8.26. The number of hydrogen-bond acceptors (Lipinski definition) is 6. The number of furan rings is 1. The van der Waals surface area contributed by atoms with E-state index in [1.807, 2.05) is 41.3 Å². The summed E-state index contributed by atoms with van der Waals surface area (Å²) < 4.78 is 6.29. The summed E-state index contributed by atoms with van der Waals surface area (Å²) in [7, 11) is 2.09. The Bertz CT molecular complexity index is 981. The zero-order valence-electron chi connectivity index (χ0n) is 16.0. The molecule has 1 N–H and O–H groups in total. The van der Waals surface area contributed by atoms with Crippen molar-refractivity contribution >= 4 is 46.2 Å². The van der Waals surface area contributed by atoms with Gasteiger partial charge in [-0.25, -0.2) is 0 Å². The Morgan fingerprint density at radius 2 is 1.93 bits per heavy atom. The maximum absolute atomic E-state index is 12.8. The average Bonchev–Trinajstić information content (AvgIpc) is 3.23. The smallest absolute Gasteiger partial charge is 0.263 e. The van der Waals surface area contributed by atoms with Crippen molar-refractivity contribution in [3.8, 4) is 11.3 Å². The summed E-state index contributed by atoms with van der Waals surface area (Å²) in [6, 6.07) is 11.1. The largest absolute Gasteiger partial charge is 0.457 e. The Hall–Kier alpha value is -2.42. The van der Waals surface area contributed by atoms with Gasteiger partial charge in [-0.2, -0.15) is 0 Å². The fourth-order valence-electron chi connectivity index (χ4n) is 3.35. The first kappa shape index (κ1) is 19.9. The quantitative estimate of drug-likeness (QED) is 0.599. The van der Waals surface area contributed by atoms with Crippen LogP contribution in [0.1, 0.15) is 22.5 Å². The SMILES string of the molecule is CN1CCCN(C(=O)c2ccc(-c3ccc(C=C4SC(=S)NC4=O)o3)cc2)CC1. The van der Waals surface area contributed by atoms with Gasteiger partial charge in [0.15, 0.2) is 0 Å². The minimum Gasteiger partial charge on any atom is -0.457 e. The number of benzene rings is 1. The number of carbonyl (C=O) groups is 2. The third-order valence-corrected chi connectivity index (χ3v) is 6.13. The van der Waals surface area contributed by atoms with Gasteiger partial charge in [-0.1, -0.05) is 36.1 Å². The van der Waals surface area contributed by atoms with Crippen molar-refractivity contribution < 1.29 is 14.0 Å². The number of amides is 2. The van der Waals surface area contributed by atoms with E-state index in [2.05, 4.69) is 17.3 Å². The molecule has 0 atom stereocenters. The molecular formula is C21H21N3O3S2. The van der Waals surface area contributed by atoms with Crippen LogP contribution in [0.25, 0.3) is 17.4 Å². The number of nitrogens with zero attached hydrogens (tertiary/aromatic N) is 2. The third kappa shape index (κ3) is 4.60. The van der Waals surface area contributed by atoms with Crippen molar-refractivity contribution in [2.24, 2.45) is 0 Å². The molecule has 2 aromatic rings. The molecule has 0 radical (unpaired) electrons. The first-order valence-electron chi connectivity index (χ1n) is 9.42. The molecule has 2 aliphatic heterocycles. The lowest BCUT2D eigenvalue weighted by Crippen LogP contribution is -2.34. The van der Waals surface area contributed by atoms with Crippen molar-refractivity contribution in [3.63, 3.8) is 0 Å². The number of carbonyl (C=O) groups excluding carboxylic acids is 2. The standard InChI is InChI=1S/C21H21N3O3S2/c1-23-9-2-10-24(12-11-23)20(26)15-5-3-14(4-6-15)17-8-7-16(27-17)13-18-19(25)22-21(28)29-18/h3-8,13H,2,9-12H2,1H3,(H,22,25,28). The molecule has 4 rings (SSSR count). The Labute approximate surface area is 178 Å². The summed E-state index contributed by atoms with van der Waals surface area (Å²) in [5.41, 5.74) is 1.56. The van der Waals surface area contributed by atoms with Gasteiger partial charge < -0.3 is 19.5 Å². The Morgan fingerprint density at radius 3 is 2.66 bits per heavy atom. The minimum atomic E-state index is -0.208. The van der Waals surface area contributed by atoms with Gasteiger partial charge in [-0.3, -0.25) is 9.59 Å². The molecule has 29 heavy (non-hydrogen) atoms. The lowest BCUT2D eigenvalue weighted by atomic mass is 10.1. The van der Waals surface area contributed by atoms with E-state index in [1.54, 1.807) is 6.08 Å². The summed E-state index contributed by atoms with van der Waals surface area (Å²) >= 11 is 6.21. The molecule has 0 unspecified atom stereocenters. The number of rotatable bonds is 3. The van der Waals surface area contributed by atoms with Gasteiger partial charge in [0.1, 0.15) is 15.8 Å². The molecular weight excluding hydrogens is 406 g/mol. The first-order valence-corrected chi connectivity index (χ1v) is 10.6. The fraction of sp³-hybridized carbons (Fsp3) is 0.286. The molecule has 2 aliphatic rings. The van der Waals surface area contributed by atoms with E-state index >= 15 is 0 Å². The summed E-state index contributed by atoms with van der Waals surface area (Å²) in [5, 5.41) is 2.58. The maximum Gasteiger partial charge on any atom is 0.263 e. The fourth-order valence-corrected chi connectivity index (χ4v) is 4.37. The lowest BCUT2D eigenvalue weighted by molar-refractivity contribution is -0.115. The molecule has 0 bridgehead atoms. The molecule has 1 aromatic carbocycles. The molecule has 150 valence electrons. The van der Waals surface area contributed by atoms with Crippen LogP contribution >= 0.6 is 24.0 Å². The van der Waals surface area contributed by atoms with Crippen LogP contribution in [0.15, 0.2) is 45.7 Å². The van der Waals surface area contributed by atoms with Crippen LogP contribution in [0.5, 0.6) is 0 Å². The summed E-state index contributed by atoms with van der Waals surface area (Å²) in [6.07, 6.45) is 2.67. The highest BCUT2D eigenvalue weighted by Crippen LogP contribution is 2.29. The summed E-state index contributed by atoms with van der Waals surface area (Å²) in [5.74, 6) is 1.12. The molecule has 2 amide bonds. The molecule has 0 saturated carbocycles. The van der Waals surface area contributed by atoms with Crippen molar-refractivity contribution in [2.75, 3.05) is 33.2 Å².